The molecular formula is C21H26N2O7S. The van der Waals surface area contributed by atoms with Crippen molar-refractivity contribution >= 4 is 21.9 Å². The first-order valence-corrected chi connectivity index (χ1v) is 10.9. The summed E-state index contributed by atoms with van der Waals surface area (Å²) in [6.45, 7) is 2.55. The molecule has 0 aromatic heterocycles. The molecule has 0 aliphatic carbocycles. The lowest BCUT2D eigenvalue weighted by Crippen LogP contribution is -2.41. The van der Waals surface area contributed by atoms with E-state index in [1.54, 1.807) is 13.0 Å². The molecule has 2 N–H and O–H groups in total. The maximum atomic E-state index is 12.4. The van der Waals surface area contributed by atoms with Gasteiger partial charge in [0.2, 0.25) is 10.0 Å². The molecule has 1 unspecified atom stereocenters. The van der Waals surface area contributed by atoms with Gasteiger partial charge in [0, 0.05) is 5.56 Å². The van der Waals surface area contributed by atoms with Crippen LogP contribution in [0.5, 0.6) is 11.5 Å². The van der Waals surface area contributed by atoms with Gasteiger partial charge in [0.25, 0.3) is 5.91 Å². The van der Waals surface area contributed by atoms with Gasteiger partial charge >= 0.3 is 5.97 Å². The summed E-state index contributed by atoms with van der Waals surface area (Å²) in [5, 5.41) is 2.70. The molecule has 1 amide bonds. The van der Waals surface area contributed by atoms with E-state index in [-0.39, 0.29) is 10.9 Å². The standard InChI is InChI=1S/C21H26N2O7S/c1-14(18-7-5-6-8-19(18)29-4)22-20(24)13-30-21(25)15(2)23-31(26,27)17-11-9-16(28-3)10-12-17/h5-12,14-15,23H,13H2,1-4H3,(H,22,24)/t14?,15-/m0/s1. The first-order valence-electron chi connectivity index (χ1n) is 9.43. The van der Waals surface area contributed by atoms with E-state index in [0.29, 0.717) is 11.5 Å². The van der Waals surface area contributed by atoms with Crippen LogP contribution in [0.3, 0.4) is 0 Å². The molecule has 168 valence electrons. The Kier molecular flexibility index (Phi) is 8.40. The summed E-state index contributed by atoms with van der Waals surface area (Å²) in [7, 11) is -0.955. The third-order valence-corrected chi connectivity index (χ3v) is 5.94. The molecule has 0 bridgehead atoms. The van der Waals surface area contributed by atoms with E-state index in [4.69, 9.17) is 14.2 Å². The number of carbonyl (C=O) groups excluding carboxylic acids is 2. The molecule has 0 saturated heterocycles. The van der Waals surface area contributed by atoms with Crippen molar-refractivity contribution in [2.24, 2.45) is 0 Å². The number of ether oxygens (including phenoxy) is 3. The number of amides is 1. The van der Waals surface area contributed by atoms with Gasteiger partial charge in [-0.1, -0.05) is 18.2 Å². The minimum Gasteiger partial charge on any atom is -0.497 e. The molecule has 0 saturated carbocycles. The molecule has 2 aromatic carbocycles. The normalized spacial score (nSPS) is 13.0. The summed E-state index contributed by atoms with van der Waals surface area (Å²) >= 11 is 0. The van der Waals surface area contributed by atoms with Crippen LogP contribution in [0.1, 0.15) is 25.5 Å². The second-order valence-corrected chi connectivity index (χ2v) is 8.37. The number of para-hydroxylation sites is 1. The van der Waals surface area contributed by atoms with Crippen LogP contribution in [0.4, 0.5) is 0 Å². The van der Waals surface area contributed by atoms with E-state index in [0.717, 1.165) is 5.56 Å². The molecule has 0 fully saturated rings. The molecule has 9 nitrogen and oxygen atoms in total. The summed E-state index contributed by atoms with van der Waals surface area (Å²) in [4.78, 5) is 24.3. The second kappa shape index (κ2) is 10.8. The molecule has 31 heavy (non-hydrogen) atoms. The van der Waals surface area contributed by atoms with E-state index in [2.05, 4.69) is 10.0 Å². The van der Waals surface area contributed by atoms with Crippen LogP contribution in [0, 0.1) is 0 Å². The van der Waals surface area contributed by atoms with E-state index >= 15 is 0 Å². The molecule has 0 heterocycles. The van der Waals surface area contributed by atoms with Crippen LogP contribution < -0.4 is 19.5 Å². The summed E-state index contributed by atoms with van der Waals surface area (Å²) in [5.74, 6) is -0.289. The first-order chi connectivity index (χ1) is 14.7. The Bertz CT molecular complexity index is 1010. The van der Waals surface area contributed by atoms with Crippen LogP contribution in [0.2, 0.25) is 0 Å². The van der Waals surface area contributed by atoms with Gasteiger partial charge in [0.15, 0.2) is 6.61 Å². The minimum absolute atomic E-state index is 0.0312. The monoisotopic (exact) mass is 450 g/mol. The van der Waals surface area contributed by atoms with E-state index in [1.807, 2.05) is 18.2 Å². The van der Waals surface area contributed by atoms with Crippen molar-refractivity contribution in [3.05, 3.63) is 54.1 Å². The zero-order chi connectivity index (χ0) is 23.0. The van der Waals surface area contributed by atoms with Crippen molar-refractivity contribution in [2.75, 3.05) is 20.8 Å². The summed E-state index contributed by atoms with van der Waals surface area (Å²) in [6, 6.07) is 11.3. The molecule has 2 rings (SSSR count). The van der Waals surface area contributed by atoms with Crippen LogP contribution in [0.15, 0.2) is 53.4 Å². The van der Waals surface area contributed by atoms with E-state index in [1.165, 1.54) is 45.4 Å². The fourth-order valence-electron chi connectivity index (χ4n) is 2.75. The lowest BCUT2D eigenvalue weighted by Gasteiger charge is -2.18. The third kappa shape index (κ3) is 6.69. The van der Waals surface area contributed by atoms with Gasteiger partial charge in [0.1, 0.15) is 17.5 Å². The Morgan fingerprint density at radius 2 is 1.61 bits per heavy atom. The molecule has 0 aliphatic rings. The fourth-order valence-corrected chi connectivity index (χ4v) is 3.94. The SMILES string of the molecule is COc1ccc(S(=O)(=O)N[C@@H](C)C(=O)OCC(=O)NC(C)c2ccccc2OC)cc1. The number of rotatable bonds is 10. The van der Waals surface area contributed by atoms with E-state index < -0.39 is 34.5 Å². The highest BCUT2D eigenvalue weighted by molar-refractivity contribution is 7.89. The third-order valence-electron chi connectivity index (χ3n) is 4.38. The lowest BCUT2D eigenvalue weighted by atomic mass is 10.1. The van der Waals surface area contributed by atoms with Crippen molar-refractivity contribution in [3.63, 3.8) is 0 Å². The molecule has 0 aliphatic heterocycles. The Hall–Kier alpha value is -3.11. The average molecular weight is 451 g/mol. The number of hydrogen-bond donors (Lipinski definition) is 2. The molecule has 2 atom stereocenters. The fraction of sp³-hybridized carbons (Fsp3) is 0.333. The van der Waals surface area contributed by atoms with Gasteiger partial charge < -0.3 is 19.5 Å². The highest BCUT2D eigenvalue weighted by atomic mass is 32.2. The van der Waals surface area contributed by atoms with Crippen LogP contribution >= 0.6 is 0 Å². The number of nitrogens with one attached hydrogen (secondary N) is 2. The Labute approximate surface area is 181 Å². The quantitative estimate of drug-likeness (QED) is 0.530. The lowest BCUT2D eigenvalue weighted by molar-refractivity contribution is -0.149. The maximum Gasteiger partial charge on any atom is 0.324 e. The predicted molar refractivity (Wildman–Crippen MR) is 113 cm³/mol. The Morgan fingerprint density at radius 1 is 0.968 bits per heavy atom. The van der Waals surface area contributed by atoms with Crippen molar-refractivity contribution in [3.8, 4) is 11.5 Å². The van der Waals surface area contributed by atoms with Crippen LogP contribution in [-0.2, 0) is 24.3 Å². The average Bonchev–Trinajstić information content (AvgIpc) is 2.76. The predicted octanol–water partition coefficient (Wildman–Crippen LogP) is 1.79. The van der Waals surface area contributed by atoms with Crippen LogP contribution in [0.25, 0.3) is 0 Å². The first kappa shape index (κ1) is 24.2. The van der Waals surface area contributed by atoms with Gasteiger partial charge in [-0.25, -0.2) is 8.42 Å². The summed E-state index contributed by atoms with van der Waals surface area (Å²) < 4.78 is 42.2. The van der Waals surface area contributed by atoms with Gasteiger partial charge in [-0.15, -0.1) is 0 Å². The topological polar surface area (TPSA) is 120 Å². The van der Waals surface area contributed by atoms with Gasteiger partial charge in [-0.2, -0.15) is 4.72 Å². The molecular weight excluding hydrogens is 424 g/mol. The largest absolute Gasteiger partial charge is 0.497 e. The van der Waals surface area contributed by atoms with Gasteiger partial charge in [-0.3, -0.25) is 9.59 Å². The highest BCUT2D eigenvalue weighted by Gasteiger charge is 2.24. The van der Waals surface area contributed by atoms with E-state index in [9.17, 15) is 18.0 Å². The maximum absolute atomic E-state index is 12.4. The molecule has 2 aromatic rings. The van der Waals surface area contributed by atoms with Crippen molar-refractivity contribution in [1.82, 2.24) is 10.0 Å². The number of sulfonamides is 1. The van der Waals surface area contributed by atoms with Gasteiger partial charge in [0.05, 0.1) is 25.2 Å². The smallest absolute Gasteiger partial charge is 0.324 e. The zero-order valence-corrected chi connectivity index (χ0v) is 18.6. The second-order valence-electron chi connectivity index (χ2n) is 6.66. The van der Waals surface area contributed by atoms with Crippen molar-refractivity contribution in [1.29, 1.82) is 0 Å². The Balaban J connectivity index is 1.88. The number of methoxy groups -OCH3 is 2. The number of esters is 1. The Morgan fingerprint density at radius 3 is 2.23 bits per heavy atom. The molecule has 0 spiro atoms. The van der Waals surface area contributed by atoms with Crippen LogP contribution in [-0.4, -0.2) is 47.2 Å². The van der Waals surface area contributed by atoms with Crippen molar-refractivity contribution in [2.45, 2.75) is 30.8 Å². The molecule has 10 heteroatoms. The summed E-state index contributed by atoms with van der Waals surface area (Å²) in [5.41, 5.74) is 0.769. The number of benzene rings is 2. The molecule has 0 radical (unpaired) electrons. The minimum atomic E-state index is -3.95. The van der Waals surface area contributed by atoms with Crippen molar-refractivity contribution < 1.29 is 32.2 Å². The zero-order valence-electron chi connectivity index (χ0n) is 17.7. The number of hydrogen-bond acceptors (Lipinski definition) is 7. The summed E-state index contributed by atoms with van der Waals surface area (Å²) in [6.07, 6.45) is 0. The highest BCUT2D eigenvalue weighted by Crippen LogP contribution is 2.24. The van der Waals surface area contributed by atoms with Gasteiger partial charge in [-0.05, 0) is 44.2 Å². The number of carbonyl (C=O) groups is 2.